The van der Waals surface area contributed by atoms with Gasteiger partial charge in [-0.05, 0) is 94.0 Å². The van der Waals surface area contributed by atoms with E-state index in [0.717, 1.165) is 11.4 Å². The molecule has 0 atom stereocenters. The van der Waals surface area contributed by atoms with E-state index in [2.05, 4.69) is 216 Å². The van der Waals surface area contributed by atoms with Crippen LogP contribution in [0.3, 0.4) is 0 Å². The van der Waals surface area contributed by atoms with Gasteiger partial charge in [-0.2, -0.15) is 0 Å². The van der Waals surface area contributed by atoms with E-state index >= 15 is 0 Å². The second kappa shape index (κ2) is 11.9. The van der Waals surface area contributed by atoms with Crippen molar-refractivity contribution >= 4 is 103 Å². The number of para-hydroxylation sites is 2. The van der Waals surface area contributed by atoms with E-state index in [0.29, 0.717) is 0 Å². The number of benzene rings is 9. The molecule has 286 valence electrons. The summed E-state index contributed by atoms with van der Waals surface area (Å²) in [6.45, 7) is 4.78. The Morgan fingerprint density at radius 3 is 1.77 bits per heavy atom. The molecule has 0 bridgehead atoms. The average Bonchev–Trinajstić information content (AvgIpc) is 4.02. The van der Waals surface area contributed by atoms with Crippen molar-refractivity contribution in [3.8, 4) is 22.3 Å². The molecule has 4 heteroatoms. The summed E-state index contributed by atoms with van der Waals surface area (Å²) in [4.78, 5) is 2.51. The van der Waals surface area contributed by atoms with Gasteiger partial charge in [-0.15, -0.1) is 11.3 Å². The van der Waals surface area contributed by atoms with Crippen LogP contribution in [0.4, 0.5) is 17.1 Å². The number of aromatic nitrogens is 2. The lowest BCUT2D eigenvalue weighted by Crippen LogP contribution is -2.20. The van der Waals surface area contributed by atoms with Gasteiger partial charge in [-0.3, -0.25) is 0 Å². The van der Waals surface area contributed by atoms with Crippen LogP contribution in [0, 0.1) is 0 Å². The van der Waals surface area contributed by atoms with Gasteiger partial charge in [-0.25, -0.2) is 0 Å². The van der Waals surface area contributed by atoms with Crippen LogP contribution >= 0.6 is 11.3 Å². The number of hydrogen-bond acceptors (Lipinski definition) is 2. The zero-order valence-electron chi connectivity index (χ0n) is 33.6. The fourth-order valence-corrected chi connectivity index (χ4v) is 12.3. The zero-order valence-corrected chi connectivity index (χ0v) is 34.5. The minimum absolute atomic E-state index is 0.202. The van der Waals surface area contributed by atoms with Gasteiger partial charge in [0.15, 0.2) is 0 Å². The van der Waals surface area contributed by atoms with E-state index in [1.54, 1.807) is 0 Å². The molecule has 0 N–H and O–H groups in total. The molecule has 0 saturated carbocycles. The summed E-state index contributed by atoms with van der Waals surface area (Å²) in [6.07, 6.45) is 0. The summed E-state index contributed by atoms with van der Waals surface area (Å²) in [5.41, 5.74) is 18.4. The topological polar surface area (TPSA) is 12.1 Å². The predicted octanol–water partition coefficient (Wildman–Crippen LogP) is 16.1. The van der Waals surface area contributed by atoms with Crippen LogP contribution in [0.15, 0.2) is 188 Å². The van der Waals surface area contributed by atoms with Crippen LogP contribution in [0.5, 0.6) is 0 Å². The van der Waals surface area contributed by atoms with Gasteiger partial charge >= 0.3 is 0 Å². The van der Waals surface area contributed by atoms with Crippen LogP contribution < -0.4 is 4.90 Å². The Kier molecular flexibility index (Phi) is 6.51. The molecule has 4 heterocycles. The molecule has 3 nitrogen and oxygen atoms in total. The summed E-state index contributed by atoms with van der Waals surface area (Å²) in [6, 6.07) is 70.4. The first kappa shape index (κ1) is 33.4. The third-order valence-electron chi connectivity index (χ3n) is 13.8. The lowest BCUT2D eigenvalue weighted by Gasteiger charge is -2.32. The molecule has 0 radical (unpaired) electrons. The molecule has 1 aliphatic carbocycles. The molecule has 14 rings (SSSR count). The molecule has 0 aliphatic heterocycles. The van der Waals surface area contributed by atoms with Gasteiger partial charge in [-0.1, -0.05) is 141 Å². The van der Waals surface area contributed by atoms with Crippen LogP contribution in [-0.2, 0) is 5.41 Å². The lowest BCUT2D eigenvalue weighted by atomic mass is 9.81. The number of fused-ring (bicyclic) bond motifs is 15. The van der Waals surface area contributed by atoms with Crippen molar-refractivity contribution in [3.05, 3.63) is 199 Å². The molecule has 0 fully saturated rings. The first-order chi connectivity index (χ1) is 30.0. The fraction of sp³-hybridized carbons (Fsp3) is 0.0526. The molecule has 0 spiro atoms. The lowest BCUT2D eigenvalue weighted by molar-refractivity contribution is 0.661. The Morgan fingerprint density at radius 1 is 0.410 bits per heavy atom. The van der Waals surface area contributed by atoms with E-state index in [-0.39, 0.29) is 5.41 Å². The molecule has 0 amide bonds. The van der Waals surface area contributed by atoms with E-state index < -0.39 is 0 Å². The monoisotopic (exact) mass is 795 g/mol. The highest BCUT2D eigenvalue weighted by atomic mass is 32.1. The van der Waals surface area contributed by atoms with E-state index in [1.165, 1.54) is 114 Å². The Morgan fingerprint density at radius 2 is 1.00 bits per heavy atom. The maximum atomic E-state index is 2.53. The largest absolute Gasteiger partial charge is 0.310 e. The molecule has 0 saturated heterocycles. The van der Waals surface area contributed by atoms with Crippen molar-refractivity contribution in [2.75, 3.05) is 4.90 Å². The third-order valence-corrected chi connectivity index (χ3v) is 14.9. The van der Waals surface area contributed by atoms with Gasteiger partial charge in [0.1, 0.15) is 0 Å². The molecule has 0 unspecified atom stereocenters. The van der Waals surface area contributed by atoms with Crippen LogP contribution in [0.2, 0.25) is 0 Å². The van der Waals surface area contributed by atoms with E-state index in [1.807, 2.05) is 11.3 Å². The first-order valence-electron chi connectivity index (χ1n) is 21.2. The zero-order chi connectivity index (χ0) is 40.1. The van der Waals surface area contributed by atoms with Crippen molar-refractivity contribution in [1.82, 2.24) is 8.80 Å². The Balaban J connectivity index is 1.03. The van der Waals surface area contributed by atoms with Crippen molar-refractivity contribution < 1.29 is 0 Å². The van der Waals surface area contributed by atoms with Crippen molar-refractivity contribution in [2.24, 2.45) is 0 Å². The highest BCUT2D eigenvalue weighted by Gasteiger charge is 2.39. The standard InChI is InChI=1S/C57H37N3S/c1-57(2)46-17-7-3-12-38(46)43-16-11-20-50(54(43)57)58(36-25-22-34(23-26-36)35-24-28-42-41-15-6-10-21-52(41)61-53(42)32-35)37-27-31-49-51(33-37)60-48-19-9-5-14-40(48)45-30-29-44-39-13-4-8-18-47(39)59(49)55(44)56(45)60/h3-33H,1-2H3. The van der Waals surface area contributed by atoms with Gasteiger partial charge in [0.05, 0.1) is 38.8 Å². The molecule has 61 heavy (non-hydrogen) atoms. The third kappa shape index (κ3) is 4.37. The van der Waals surface area contributed by atoms with Crippen LogP contribution in [0.25, 0.3) is 97.1 Å². The molecular weight excluding hydrogens is 759 g/mol. The number of anilines is 3. The highest BCUT2D eigenvalue weighted by Crippen LogP contribution is 2.54. The van der Waals surface area contributed by atoms with Gasteiger partial charge in [0.25, 0.3) is 0 Å². The number of thiophene rings is 1. The average molecular weight is 796 g/mol. The molecule has 1 aliphatic rings. The minimum Gasteiger partial charge on any atom is -0.310 e. The summed E-state index contributed by atoms with van der Waals surface area (Å²) in [7, 11) is 0. The van der Waals surface area contributed by atoms with Gasteiger partial charge in [0.2, 0.25) is 0 Å². The second-order valence-electron chi connectivity index (χ2n) is 17.3. The van der Waals surface area contributed by atoms with Crippen LogP contribution in [-0.4, -0.2) is 8.80 Å². The molecular formula is C57H37N3S. The maximum Gasteiger partial charge on any atom is 0.0789 e. The van der Waals surface area contributed by atoms with Gasteiger partial charge in [0, 0.05) is 58.5 Å². The highest BCUT2D eigenvalue weighted by molar-refractivity contribution is 7.25. The second-order valence-corrected chi connectivity index (χ2v) is 18.4. The maximum absolute atomic E-state index is 2.53. The number of nitrogens with zero attached hydrogens (tertiary/aromatic N) is 3. The fourth-order valence-electron chi connectivity index (χ4n) is 11.2. The number of rotatable bonds is 4. The van der Waals surface area contributed by atoms with E-state index in [4.69, 9.17) is 0 Å². The number of hydrogen-bond donors (Lipinski definition) is 0. The normalized spacial score (nSPS) is 13.5. The van der Waals surface area contributed by atoms with Crippen molar-refractivity contribution in [1.29, 1.82) is 0 Å². The molecule has 13 aromatic rings. The molecule has 9 aromatic carbocycles. The van der Waals surface area contributed by atoms with E-state index in [9.17, 15) is 0 Å². The summed E-state index contributed by atoms with van der Waals surface area (Å²) in [5.74, 6) is 0. The van der Waals surface area contributed by atoms with Crippen LogP contribution in [0.1, 0.15) is 25.0 Å². The Hall–Kier alpha value is -7.40. The Bertz CT molecular complexity index is 3970. The predicted molar refractivity (Wildman–Crippen MR) is 260 cm³/mol. The summed E-state index contributed by atoms with van der Waals surface area (Å²) < 4.78 is 7.70. The Labute approximate surface area is 355 Å². The van der Waals surface area contributed by atoms with Gasteiger partial charge < -0.3 is 13.7 Å². The quantitative estimate of drug-likeness (QED) is 0.162. The summed E-state index contributed by atoms with van der Waals surface area (Å²) in [5, 5.41) is 7.78. The van der Waals surface area contributed by atoms with Crippen molar-refractivity contribution in [2.45, 2.75) is 19.3 Å². The SMILES string of the molecule is CC1(C)c2ccccc2-c2cccc(N(c3ccc(-c4ccc5c(c4)sc4ccccc45)cc3)c3ccc4c(c3)n3c5ccccc5c5ccc6c7ccccc7n4c6c53)c21. The summed E-state index contributed by atoms with van der Waals surface area (Å²) >= 11 is 1.87. The smallest absolute Gasteiger partial charge is 0.0789 e. The van der Waals surface area contributed by atoms with Crippen molar-refractivity contribution in [3.63, 3.8) is 0 Å². The molecule has 4 aromatic heterocycles. The minimum atomic E-state index is -0.202. The first-order valence-corrected chi connectivity index (χ1v) is 22.0.